The molecule has 20 heteroatoms. The van der Waals surface area contributed by atoms with Gasteiger partial charge >= 0.3 is 0 Å². The molecule has 0 atom stereocenters. The van der Waals surface area contributed by atoms with Crippen LogP contribution in [0.2, 0.25) is 0 Å². The highest BCUT2D eigenvalue weighted by Gasteiger charge is 2.24. The maximum absolute atomic E-state index is 13.8. The zero-order valence-corrected chi connectivity index (χ0v) is 34.5. The van der Waals surface area contributed by atoms with Crippen molar-refractivity contribution in [1.82, 2.24) is 48.5 Å². The van der Waals surface area contributed by atoms with Gasteiger partial charge in [-0.15, -0.1) is 0 Å². The molecule has 1 aliphatic rings. The number of ether oxygens (including phenoxy) is 1. The number of carbonyl (C=O) groups excluding carboxylic acids is 5. The van der Waals surface area contributed by atoms with Gasteiger partial charge in [0, 0.05) is 51.0 Å². The lowest BCUT2D eigenvalue weighted by Gasteiger charge is -2.26. The molecule has 5 amide bonds. The van der Waals surface area contributed by atoms with Gasteiger partial charge in [-0.1, -0.05) is 12.2 Å². The number of pyridine rings is 1. The highest BCUT2D eigenvalue weighted by atomic mass is 16.5. The van der Waals surface area contributed by atoms with Crippen LogP contribution in [-0.4, -0.2) is 97.8 Å². The normalized spacial score (nSPS) is 13.0. The first-order chi connectivity index (χ1) is 29.3. The lowest BCUT2D eigenvalue weighted by atomic mass is 10.1. The largest absolute Gasteiger partial charge is 0.491 e. The standard InChI is InChI=1S/C41H48N14O6/c1-5-54-30(18-24(3)49-54)38(59)47-40-45-28-20-26(35(42)57)22-32(61-17-12-33(56)51-13-8-7-9-14-51)34(28)52(40)15-10-11-16-53-37-29(21-27(23-44-37)36(43)58)46-41(53)48-39(60)31-19-25(4)50-55(31)6-2/h10-11,18-23H,5-9,12-17H2,1-4H3,(H2,42,57)(H2,43,58)(H,45,47,59)(H,46,48,60)/b11-10+. The number of anilines is 2. The van der Waals surface area contributed by atoms with E-state index < -0.39 is 23.6 Å². The molecule has 61 heavy (non-hydrogen) atoms. The molecule has 1 aliphatic heterocycles. The second-order valence-electron chi connectivity index (χ2n) is 14.6. The molecule has 0 aliphatic carbocycles. The number of carbonyl (C=O) groups is 5. The van der Waals surface area contributed by atoms with Gasteiger partial charge in [-0.25, -0.2) is 15.0 Å². The SMILES string of the molecule is CCn1nc(C)cc1C(=O)Nc1nc2cc(C(N)=O)cnc2n1C/C=C/Cn1c(NC(=O)c2cc(C)nn2CC)nc2cc(C(N)=O)cc(OCCC(=O)N3CCCCC3)c21. The molecule has 0 radical (unpaired) electrons. The van der Waals surface area contributed by atoms with E-state index in [1.807, 2.05) is 30.9 Å². The predicted octanol–water partition coefficient (Wildman–Crippen LogP) is 3.57. The van der Waals surface area contributed by atoms with Gasteiger partial charge in [0.15, 0.2) is 5.65 Å². The van der Waals surface area contributed by atoms with Gasteiger partial charge in [0.05, 0.1) is 35.5 Å². The van der Waals surface area contributed by atoms with Crippen molar-refractivity contribution < 1.29 is 28.7 Å². The fourth-order valence-electron chi connectivity index (χ4n) is 7.35. The van der Waals surface area contributed by atoms with E-state index in [1.165, 1.54) is 24.4 Å². The monoisotopic (exact) mass is 832 g/mol. The number of hydrogen-bond donors (Lipinski definition) is 4. The maximum atomic E-state index is 13.8. The van der Waals surface area contributed by atoms with Crippen molar-refractivity contribution in [3.63, 3.8) is 0 Å². The molecule has 0 unspecified atom stereocenters. The fourth-order valence-corrected chi connectivity index (χ4v) is 7.35. The van der Waals surface area contributed by atoms with E-state index in [-0.39, 0.29) is 60.8 Å². The van der Waals surface area contributed by atoms with Crippen LogP contribution in [0.1, 0.15) is 92.6 Å². The van der Waals surface area contributed by atoms with Crippen LogP contribution in [0.4, 0.5) is 11.9 Å². The van der Waals surface area contributed by atoms with Crippen LogP contribution >= 0.6 is 0 Å². The Balaban J connectivity index is 1.23. The van der Waals surface area contributed by atoms with Gasteiger partial charge in [-0.3, -0.25) is 48.5 Å². The molecule has 318 valence electrons. The number of allylic oxidation sites excluding steroid dienone is 2. The third kappa shape index (κ3) is 8.97. The quantitative estimate of drug-likeness (QED) is 0.103. The Morgan fingerprint density at radius 2 is 1.30 bits per heavy atom. The number of nitrogens with zero attached hydrogens (tertiary/aromatic N) is 10. The van der Waals surface area contributed by atoms with Crippen molar-refractivity contribution in [2.75, 3.05) is 30.3 Å². The molecule has 0 spiro atoms. The summed E-state index contributed by atoms with van der Waals surface area (Å²) in [7, 11) is 0. The van der Waals surface area contributed by atoms with Crippen molar-refractivity contribution in [2.24, 2.45) is 11.5 Å². The first-order valence-electron chi connectivity index (χ1n) is 20.1. The number of primary amides is 2. The van der Waals surface area contributed by atoms with Crippen LogP contribution in [0.25, 0.3) is 22.2 Å². The maximum Gasteiger partial charge on any atom is 0.276 e. The van der Waals surface area contributed by atoms with E-state index in [9.17, 15) is 24.0 Å². The molecule has 6 N–H and O–H groups in total. The minimum atomic E-state index is -0.709. The highest BCUT2D eigenvalue weighted by Crippen LogP contribution is 2.32. The fraction of sp³-hybridized carbons (Fsp3) is 0.366. The molecule has 1 fully saturated rings. The number of fused-ring (bicyclic) bond motifs is 2. The predicted molar refractivity (Wildman–Crippen MR) is 225 cm³/mol. The Bertz CT molecular complexity index is 2700. The van der Waals surface area contributed by atoms with E-state index in [0.717, 1.165) is 19.3 Å². The summed E-state index contributed by atoms with van der Waals surface area (Å²) in [4.78, 5) is 80.4. The van der Waals surface area contributed by atoms with Crippen molar-refractivity contribution in [3.05, 3.63) is 82.6 Å². The second kappa shape index (κ2) is 17.9. The van der Waals surface area contributed by atoms with Crippen LogP contribution in [0.15, 0.2) is 48.7 Å². The van der Waals surface area contributed by atoms with Crippen molar-refractivity contribution >= 4 is 63.6 Å². The molecule has 6 aromatic rings. The molecule has 7 rings (SSSR count). The number of hydrogen-bond acceptors (Lipinski definition) is 11. The summed E-state index contributed by atoms with van der Waals surface area (Å²) in [5.74, 6) is -1.76. The smallest absolute Gasteiger partial charge is 0.276 e. The summed E-state index contributed by atoms with van der Waals surface area (Å²) >= 11 is 0. The van der Waals surface area contributed by atoms with E-state index >= 15 is 0 Å². The number of likely N-dealkylation sites (tertiary alicyclic amines) is 1. The summed E-state index contributed by atoms with van der Waals surface area (Å²) in [6.45, 7) is 9.98. The molecule has 20 nitrogen and oxygen atoms in total. The number of piperidine rings is 1. The summed E-state index contributed by atoms with van der Waals surface area (Å²) in [6, 6.07) is 7.87. The van der Waals surface area contributed by atoms with Gasteiger partial charge in [0.1, 0.15) is 28.2 Å². The zero-order valence-electron chi connectivity index (χ0n) is 34.5. The third-order valence-corrected chi connectivity index (χ3v) is 10.3. The molecular formula is C41H48N14O6. The van der Waals surface area contributed by atoms with E-state index in [1.54, 1.807) is 44.5 Å². The van der Waals surface area contributed by atoms with Gasteiger partial charge in [0.2, 0.25) is 29.6 Å². The Morgan fingerprint density at radius 1 is 0.738 bits per heavy atom. The molecule has 1 saturated heterocycles. The molecular weight excluding hydrogens is 785 g/mol. The first-order valence-corrected chi connectivity index (χ1v) is 20.1. The average Bonchev–Trinajstić information content (AvgIpc) is 4.01. The van der Waals surface area contributed by atoms with E-state index in [2.05, 4.69) is 30.8 Å². The van der Waals surface area contributed by atoms with Crippen molar-refractivity contribution in [3.8, 4) is 5.75 Å². The van der Waals surface area contributed by atoms with Crippen LogP contribution in [0.3, 0.4) is 0 Å². The minimum absolute atomic E-state index is 0.0234. The number of nitrogens with one attached hydrogen (secondary N) is 2. The van der Waals surface area contributed by atoms with Gasteiger partial charge in [0.25, 0.3) is 11.8 Å². The number of rotatable bonds is 16. The van der Waals surface area contributed by atoms with E-state index in [0.29, 0.717) is 71.2 Å². The molecule has 6 heterocycles. The minimum Gasteiger partial charge on any atom is -0.491 e. The number of amides is 5. The molecule has 5 aromatic heterocycles. The number of imidazole rings is 2. The Morgan fingerprint density at radius 3 is 1.89 bits per heavy atom. The van der Waals surface area contributed by atoms with Gasteiger partial charge in [-0.05, 0) is 77.3 Å². The van der Waals surface area contributed by atoms with E-state index in [4.69, 9.17) is 21.2 Å². The summed E-state index contributed by atoms with van der Waals surface area (Å²) in [6.07, 6.45) is 8.09. The van der Waals surface area contributed by atoms with Crippen molar-refractivity contribution in [2.45, 2.75) is 79.6 Å². The summed E-state index contributed by atoms with van der Waals surface area (Å²) in [5, 5.41) is 14.6. The number of nitrogens with two attached hydrogens (primary N) is 2. The van der Waals surface area contributed by atoms with Gasteiger partial charge in [-0.2, -0.15) is 10.2 Å². The molecule has 1 aromatic carbocycles. The Kier molecular flexibility index (Phi) is 12.2. The van der Waals surface area contributed by atoms with Crippen molar-refractivity contribution in [1.29, 1.82) is 0 Å². The van der Waals surface area contributed by atoms with Crippen LogP contribution in [-0.2, 0) is 31.0 Å². The Labute approximate surface area is 349 Å². The van der Waals surface area contributed by atoms with Gasteiger partial charge < -0.3 is 25.7 Å². The highest BCUT2D eigenvalue weighted by molar-refractivity contribution is 6.05. The second-order valence-corrected chi connectivity index (χ2v) is 14.6. The Hall–Kier alpha value is -7.38. The topological polar surface area (TPSA) is 258 Å². The average molecular weight is 833 g/mol. The number of aryl methyl sites for hydroxylation is 4. The zero-order chi connectivity index (χ0) is 43.4. The molecule has 0 saturated carbocycles. The third-order valence-electron chi connectivity index (χ3n) is 10.3. The van der Waals surface area contributed by atoms with Crippen LogP contribution in [0, 0.1) is 13.8 Å². The van der Waals surface area contributed by atoms with Crippen LogP contribution in [0.5, 0.6) is 5.75 Å². The number of benzene rings is 1. The molecule has 0 bridgehead atoms. The first kappa shape index (κ1) is 41.8. The van der Waals surface area contributed by atoms with Crippen LogP contribution < -0.4 is 26.8 Å². The summed E-state index contributed by atoms with van der Waals surface area (Å²) in [5.41, 5.74) is 15.0. The summed E-state index contributed by atoms with van der Waals surface area (Å²) < 4.78 is 12.8. The number of aromatic nitrogens is 9. The lowest BCUT2D eigenvalue weighted by molar-refractivity contribution is -0.132. The lowest BCUT2D eigenvalue weighted by Crippen LogP contribution is -2.36.